The van der Waals surface area contributed by atoms with Crippen LogP contribution in [0.3, 0.4) is 0 Å². The van der Waals surface area contributed by atoms with E-state index in [0.717, 1.165) is 12.8 Å². The summed E-state index contributed by atoms with van der Waals surface area (Å²) >= 11 is 0. The van der Waals surface area contributed by atoms with E-state index in [4.69, 9.17) is 0 Å². The minimum Gasteiger partial charge on any atom is -0.333 e. The number of hydrazine groups is 1. The molecule has 0 aliphatic rings. The maximum atomic E-state index is 4.50. The normalized spacial score (nSPS) is 9.92. The highest BCUT2D eigenvalue weighted by molar-refractivity contribution is 5.86. The number of benzene rings is 5. The van der Waals surface area contributed by atoms with E-state index in [1.54, 1.807) is 6.08 Å². The summed E-state index contributed by atoms with van der Waals surface area (Å²) in [6.45, 7) is 7.41. The summed E-state index contributed by atoms with van der Waals surface area (Å²) in [5, 5.41) is 5.38. The molecule has 0 heterocycles. The molecular weight excluding hydrogens is 450 g/mol. The molecule has 0 fully saturated rings. The summed E-state index contributed by atoms with van der Waals surface area (Å²) in [6, 6.07) is 40.0. The van der Waals surface area contributed by atoms with E-state index in [-0.39, 0.29) is 0 Å². The van der Waals surface area contributed by atoms with E-state index < -0.39 is 0 Å². The van der Waals surface area contributed by atoms with Gasteiger partial charge in [-0.05, 0) is 77.9 Å². The highest BCUT2D eigenvalue weighted by Crippen LogP contribution is 2.31. The van der Waals surface area contributed by atoms with E-state index in [2.05, 4.69) is 140 Å². The summed E-state index contributed by atoms with van der Waals surface area (Å²) in [5.41, 5.74) is 10.1. The lowest BCUT2D eigenvalue weighted by Crippen LogP contribution is -2.08. The van der Waals surface area contributed by atoms with E-state index in [1.807, 2.05) is 6.92 Å². The number of hydrogen-bond donors (Lipinski definition) is 3. The number of aryl methyl sites for hydroxylation is 1. The maximum absolute atomic E-state index is 4.50. The fourth-order valence-corrected chi connectivity index (χ4v) is 4.62. The molecule has 0 bridgehead atoms. The van der Waals surface area contributed by atoms with Gasteiger partial charge in [-0.2, -0.15) is 0 Å². The smallest absolute Gasteiger partial charge is 0.00806 e. The van der Waals surface area contributed by atoms with Crippen LogP contribution >= 0.6 is 0 Å². The van der Waals surface area contributed by atoms with Crippen molar-refractivity contribution in [1.82, 2.24) is 0 Å². The van der Waals surface area contributed by atoms with Gasteiger partial charge in [-0.1, -0.05) is 121 Å². The Hall–Kier alpha value is -3.76. The van der Waals surface area contributed by atoms with Gasteiger partial charge in [0.25, 0.3) is 0 Å². The zero-order valence-electron chi connectivity index (χ0n) is 22.4. The van der Waals surface area contributed by atoms with Gasteiger partial charge in [0, 0.05) is 0 Å². The standard InChI is InChI=1S/C30H26.C3H6.CH5N.H4N2/c1-22-16-18-23(19-17-22)28(20-26-12-6-10-24-8-2-4-14-29(24)26)21-27-13-7-11-25-9-3-5-15-30(25)27;1-3-2;2*1-2/h2-19,28H,20-21H2,1H3;3H,1H2,2H3;2H2,1H3;1-2H2. The Labute approximate surface area is 222 Å². The SMILES string of the molecule is C=CC.CN.Cc1ccc(C(Cc2cccc3ccccc23)Cc2cccc3ccccc23)cc1.NN. The fourth-order valence-electron chi connectivity index (χ4n) is 4.62. The summed E-state index contributed by atoms with van der Waals surface area (Å²) in [7, 11) is 1.50. The first kappa shape index (κ1) is 29.5. The molecule has 192 valence electrons. The van der Waals surface area contributed by atoms with Crippen LogP contribution < -0.4 is 17.4 Å². The average molecular weight is 492 g/mol. The molecule has 3 heteroatoms. The van der Waals surface area contributed by atoms with Crippen LogP contribution in [0.25, 0.3) is 21.5 Å². The number of allylic oxidation sites excluding steroid dienone is 1. The van der Waals surface area contributed by atoms with E-state index >= 15 is 0 Å². The molecule has 37 heavy (non-hydrogen) atoms. The first-order valence-corrected chi connectivity index (χ1v) is 12.7. The lowest BCUT2D eigenvalue weighted by Gasteiger charge is -2.20. The highest BCUT2D eigenvalue weighted by Gasteiger charge is 2.16. The Morgan fingerprint density at radius 3 is 1.43 bits per heavy atom. The van der Waals surface area contributed by atoms with Crippen molar-refractivity contribution in [3.05, 3.63) is 144 Å². The molecule has 0 radical (unpaired) electrons. The van der Waals surface area contributed by atoms with Gasteiger partial charge in [0.05, 0.1) is 0 Å². The summed E-state index contributed by atoms with van der Waals surface area (Å²) in [6.07, 6.45) is 3.82. The first-order valence-electron chi connectivity index (χ1n) is 12.7. The van der Waals surface area contributed by atoms with Crippen molar-refractivity contribution in [3.63, 3.8) is 0 Å². The molecule has 6 N–H and O–H groups in total. The molecule has 0 aliphatic carbocycles. The summed E-state index contributed by atoms with van der Waals surface area (Å²) < 4.78 is 0. The van der Waals surface area contributed by atoms with Crippen LogP contribution in [0, 0.1) is 6.92 Å². The second-order valence-corrected chi connectivity index (χ2v) is 8.70. The van der Waals surface area contributed by atoms with Gasteiger partial charge in [-0.25, -0.2) is 0 Å². The van der Waals surface area contributed by atoms with Crippen LogP contribution in [-0.4, -0.2) is 7.05 Å². The fraction of sp³-hybridized carbons (Fsp3) is 0.176. The monoisotopic (exact) mass is 491 g/mol. The largest absolute Gasteiger partial charge is 0.333 e. The third kappa shape index (κ3) is 8.12. The van der Waals surface area contributed by atoms with Crippen LogP contribution in [-0.2, 0) is 12.8 Å². The van der Waals surface area contributed by atoms with Crippen molar-refractivity contribution in [1.29, 1.82) is 0 Å². The van der Waals surface area contributed by atoms with Crippen LogP contribution in [0.15, 0.2) is 122 Å². The summed E-state index contributed by atoms with van der Waals surface area (Å²) in [4.78, 5) is 0. The van der Waals surface area contributed by atoms with Crippen LogP contribution in [0.5, 0.6) is 0 Å². The van der Waals surface area contributed by atoms with E-state index in [0.29, 0.717) is 5.92 Å². The molecule has 3 nitrogen and oxygen atoms in total. The van der Waals surface area contributed by atoms with Gasteiger partial charge in [-0.3, -0.25) is 11.7 Å². The van der Waals surface area contributed by atoms with Crippen molar-refractivity contribution in [2.45, 2.75) is 32.6 Å². The van der Waals surface area contributed by atoms with Crippen LogP contribution in [0.1, 0.15) is 35.1 Å². The Balaban J connectivity index is 0.000000630. The maximum Gasteiger partial charge on any atom is -0.00806 e. The van der Waals surface area contributed by atoms with Gasteiger partial charge < -0.3 is 5.73 Å². The predicted molar refractivity (Wildman–Crippen MR) is 164 cm³/mol. The molecule has 0 unspecified atom stereocenters. The Morgan fingerprint density at radius 1 is 0.622 bits per heavy atom. The topological polar surface area (TPSA) is 78.1 Å². The van der Waals surface area contributed by atoms with E-state index in [1.165, 1.54) is 50.8 Å². The van der Waals surface area contributed by atoms with Gasteiger partial charge in [0.15, 0.2) is 0 Å². The molecule has 0 aromatic heterocycles. The number of fused-ring (bicyclic) bond motifs is 2. The molecule has 5 aromatic carbocycles. The molecular formula is C34H41N3. The van der Waals surface area contributed by atoms with Crippen LogP contribution in [0.4, 0.5) is 0 Å². The molecule has 0 aliphatic heterocycles. The highest BCUT2D eigenvalue weighted by atomic mass is 15.0. The second kappa shape index (κ2) is 16.1. The second-order valence-electron chi connectivity index (χ2n) is 8.70. The molecule has 0 spiro atoms. The van der Waals surface area contributed by atoms with Gasteiger partial charge >= 0.3 is 0 Å². The quantitative estimate of drug-likeness (QED) is 0.136. The lowest BCUT2D eigenvalue weighted by molar-refractivity contribution is 0.685. The van der Waals surface area contributed by atoms with Gasteiger partial charge in [0.1, 0.15) is 0 Å². The van der Waals surface area contributed by atoms with Crippen molar-refractivity contribution >= 4 is 21.5 Å². The van der Waals surface area contributed by atoms with Crippen LogP contribution in [0.2, 0.25) is 0 Å². The van der Waals surface area contributed by atoms with Crippen molar-refractivity contribution in [2.24, 2.45) is 17.4 Å². The summed E-state index contributed by atoms with van der Waals surface area (Å²) in [5.74, 6) is 8.43. The molecule has 0 amide bonds. The van der Waals surface area contributed by atoms with Crippen molar-refractivity contribution in [3.8, 4) is 0 Å². The third-order valence-corrected chi connectivity index (χ3v) is 6.24. The Bertz CT molecular complexity index is 1270. The lowest BCUT2D eigenvalue weighted by atomic mass is 9.84. The Morgan fingerprint density at radius 2 is 1.00 bits per heavy atom. The number of hydrogen-bond acceptors (Lipinski definition) is 3. The van der Waals surface area contributed by atoms with Gasteiger partial charge in [0.2, 0.25) is 0 Å². The molecule has 5 aromatic rings. The zero-order valence-corrected chi connectivity index (χ0v) is 22.4. The molecule has 5 rings (SSSR count). The minimum absolute atomic E-state index is 0.433. The third-order valence-electron chi connectivity index (χ3n) is 6.24. The number of rotatable bonds is 5. The number of nitrogens with two attached hydrogens (primary N) is 3. The predicted octanol–water partition coefficient (Wildman–Crippen LogP) is 7.46. The van der Waals surface area contributed by atoms with E-state index in [9.17, 15) is 0 Å². The average Bonchev–Trinajstić information content (AvgIpc) is 2.96. The molecule has 0 atom stereocenters. The van der Waals surface area contributed by atoms with Crippen molar-refractivity contribution in [2.75, 3.05) is 7.05 Å². The Kier molecular flexibility index (Phi) is 12.8. The molecule has 0 saturated heterocycles. The molecule has 0 saturated carbocycles. The first-order chi connectivity index (χ1) is 18.2. The van der Waals surface area contributed by atoms with Gasteiger partial charge in [-0.15, -0.1) is 6.58 Å². The van der Waals surface area contributed by atoms with Crippen molar-refractivity contribution < 1.29 is 0 Å². The zero-order chi connectivity index (χ0) is 27.0. The minimum atomic E-state index is 0.433.